The number of nitrogens with zero attached hydrogens (tertiary/aromatic N) is 1. The highest BCUT2D eigenvalue weighted by Crippen LogP contribution is 2.16. The van der Waals surface area contributed by atoms with E-state index in [2.05, 4.69) is 0 Å². The van der Waals surface area contributed by atoms with Crippen LogP contribution in [0, 0.1) is 0 Å². The summed E-state index contributed by atoms with van der Waals surface area (Å²) in [5.41, 5.74) is 0.846. The molecule has 88 valence electrons. The smallest absolute Gasteiger partial charge is 0.410 e. The molecule has 1 heterocycles. The minimum Gasteiger partial charge on any atom is -0.410 e. The third-order valence-corrected chi connectivity index (χ3v) is 2.74. The lowest BCUT2D eigenvalue weighted by Gasteiger charge is -2.05. The van der Waals surface area contributed by atoms with Crippen LogP contribution in [0.4, 0.5) is 4.79 Å². The van der Waals surface area contributed by atoms with Gasteiger partial charge in [-0.25, -0.2) is 4.79 Å². The minimum absolute atomic E-state index is 0.401. The molecule has 18 heavy (non-hydrogen) atoms. The van der Waals surface area contributed by atoms with Gasteiger partial charge in [0, 0.05) is 11.6 Å². The lowest BCUT2D eigenvalue weighted by molar-refractivity contribution is 0.203. The third-order valence-electron chi connectivity index (χ3n) is 2.74. The maximum Gasteiger partial charge on any atom is 0.423 e. The summed E-state index contributed by atoms with van der Waals surface area (Å²) in [7, 11) is 0. The van der Waals surface area contributed by atoms with Crippen LogP contribution in [-0.4, -0.2) is 10.7 Å². The summed E-state index contributed by atoms with van der Waals surface area (Å²) >= 11 is 0. The van der Waals surface area contributed by atoms with Crippen LogP contribution in [0.1, 0.15) is 0 Å². The number of hydrogen-bond donors (Lipinski definition) is 0. The number of para-hydroxylation sites is 2. The van der Waals surface area contributed by atoms with Gasteiger partial charge in [-0.05, 0) is 24.3 Å². The van der Waals surface area contributed by atoms with Crippen LogP contribution in [-0.2, 0) is 0 Å². The molecule has 0 fully saturated rings. The van der Waals surface area contributed by atoms with E-state index in [9.17, 15) is 4.79 Å². The van der Waals surface area contributed by atoms with Gasteiger partial charge in [0.05, 0.1) is 5.52 Å². The molecule has 1 aromatic heterocycles. The molecule has 3 heteroatoms. The number of aromatic nitrogens is 1. The van der Waals surface area contributed by atoms with E-state index in [1.807, 2.05) is 48.5 Å². The van der Waals surface area contributed by atoms with Gasteiger partial charge in [-0.1, -0.05) is 36.4 Å². The molecule has 0 aliphatic carbocycles. The second kappa shape index (κ2) is 4.37. The van der Waals surface area contributed by atoms with E-state index in [-0.39, 0.29) is 0 Å². The van der Waals surface area contributed by atoms with Crippen molar-refractivity contribution in [2.75, 3.05) is 0 Å². The van der Waals surface area contributed by atoms with Crippen molar-refractivity contribution in [1.82, 2.24) is 4.57 Å². The molecule has 0 saturated heterocycles. The highest BCUT2D eigenvalue weighted by Gasteiger charge is 2.10. The van der Waals surface area contributed by atoms with Crippen LogP contribution in [0.25, 0.3) is 10.9 Å². The first-order valence-corrected chi connectivity index (χ1v) is 5.68. The van der Waals surface area contributed by atoms with Gasteiger partial charge >= 0.3 is 6.09 Å². The van der Waals surface area contributed by atoms with Crippen LogP contribution in [0.3, 0.4) is 0 Å². The molecule has 0 bridgehead atoms. The Morgan fingerprint density at radius 1 is 0.889 bits per heavy atom. The molecule has 0 atom stereocenters. The maximum absolute atomic E-state index is 12.0. The number of carbonyl (C=O) groups is 1. The minimum atomic E-state index is -0.401. The zero-order chi connectivity index (χ0) is 12.4. The first-order chi connectivity index (χ1) is 8.84. The van der Waals surface area contributed by atoms with Gasteiger partial charge in [0.2, 0.25) is 0 Å². The predicted molar refractivity (Wildman–Crippen MR) is 69.8 cm³/mol. The molecule has 0 unspecified atom stereocenters. The van der Waals surface area contributed by atoms with E-state index in [0.29, 0.717) is 5.75 Å². The van der Waals surface area contributed by atoms with Gasteiger partial charge in [0.1, 0.15) is 5.75 Å². The van der Waals surface area contributed by atoms with Crippen molar-refractivity contribution < 1.29 is 9.53 Å². The van der Waals surface area contributed by atoms with Gasteiger partial charge in [-0.15, -0.1) is 0 Å². The predicted octanol–water partition coefficient (Wildman–Crippen LogP) is 3.69. The largest absolute Gasteiger partial charge is 0.423 e. The van der Waals surface area contributed by atoms with Crippen molar-refractivity contribution in [3.8, 4) is 5.75 Å². The first kappa shape index (κ1) is 10.6. The normalized spacial score (nSPS) is 10.4. The SMILES string of the molecule is O=C(Oc1ccccc1)n1ccc2ccccc21. The molecule has 3 nitrogen and oxygen atoms in total. The van der Waals surface area contributed by atoms with Crippen LogP contribution in [0.5, 0.6) is 5.75 Å². The second-order valence-electron chi connectivity index (χ2n) is 3.93. The molecular formula is C15H11NO2. The van der Waals surface area contributed by atoms with Crippen LogP contribution < -0.4 is 4.74 Å². The van der Waals surface area contributed by atoms with Crippen LogP contribution in [0.2, 0.25) is 0 Å². The summed E-state index contributed by atoms with van der Waals surface area (Å²) in [6.45, 7) is 0. The van der Waals surface area contributed by atoms with E-state index in [4.69, 9.17) is 4.74 Å². The zero-order valence-electron chi connectivity index (χ0n) is 9.61. The maximum atomic E-state index is 12.0. The van der Waals surface area contributed by atoms with Crippen LogP contribution in [0.15, 0.2) is 66.9 Å². The Balaban J connectivity index is 1.93. The first-order valence-electron chi connectivity index (χ1n) is 5.68. The fraction of sp³-hybridized carbons (Fsp3) is 0. The molecule has 0 radical (unpaired) electrons. The summed E-state index contributed by atoms with van der Waals surface area (Å²) in [5.74, 6) is 0.542. The quantitative estimate of drug-likeness (QED) is 0.646. The summed E-state index contributed by atoms with van der Waals surface area (Å²) in [6.07, 6.45) is 1.32. The Kier molecular flexibility index (Phi) is 2.57. The van der Waals surface area contributed by atoms with Gasteiger partial charge in [0.25, 0.3) is 0 Å². The van der Waals surface area contributed by atoms with Crippen molar-refractivity contribution in [2.24, 2.45) is 0 Å². The van der Waals surface area contributed by atoms with Crippen molar-refractivity contribution in [3.63, 3.8) is 0 Å². The van der Waals surface area contributed by atoms with Gasteiger partial charge in [0.15, 0.2) is 0 Å². The summed E-state index contributed by atoms with van der Waals surface area (Å²) < 4.78 is 6.79. The van der Waals surface area contributed by atoms with Gasteiger partial charge in [-0.2, -0.15) is 0 Å². The standard InChI is InChI=1S/C15H11NO2/c17-15(18-13-7-2-1-3-8-13)16-11-10-12-6-4-5-9-14(12)16/h1-11H. The Bertz CT molecular complexity index is 686. The fourth-order valence-electron chi connectivity index (χ4n) is 1.88. The number of carbonyl (C=O) groups excluding carboxylic acids is 1. The monoisotopic (exact) mass is 237 g/mol. The van der Waals surface area contributed by atoms with E-state index in [1.165, 1.54) is 4.57 Å². The lowest BCUT2D eigenvalue weighted by atomic mass is 10.2. The van der Waals surface area contributed by atoms with Gasteiger partial charge < -0.3 is 4.74 Å². The Morgan fingerprint density at radius 2 is 1.61 bits per heavy atom. The number of rotatable bonds is 1. The molecule has 0 N–H and O–H groups in total. The number of fused-ring (bicyclic) bond motifs is 1. The lowest BCUT2D eigenvalue weighted by Crippen LogP contribution is -2.15. The van der Waals surface area contributed by atoms with E-state index in [0.717, 1.165) is 10.9 Å². The number of benzene rings is 2. The fourth-order valence-corrected chi connectivity index (χ4v) is 1.88. The third kappa shape index (κ3) is 1.86. The summed E-state index contributed by atoms with van der Waals surface area (Å²) in [6, 6.07) is 18.6. The molecular weight excluding hydrogens is 226 g/mol. The highest BCUT2D eigenvalue weighted by molar-refractivity contribution is 5.90. The average molecular weight is 237 g/mol. The Labute approximate surface area is 104 Å². The molecule has 2 aromatic carbocycles. The number of ether oxygens (including phenoxy) is 1. The molecule has 3 rings (SSSR count). The molecule has 0 spiro atoms. The zero-order valence-corrected chi connectivity index (χ0v) is 9.61. The molecule has 0 aliphatic rings. The van der Waals surface area contributed by atoms with Crippen molar-refractivity contribution in [3.05, 3.63) is 66.9 Å². The topological polar surface area (TPSA) is 31.2 Å². The second-order valence-corrected chi connectivity index (χ2v) is 3.93. The summed E-state index contributed by atoms with van der Waals surface area (Å²) in [4.78, 5) is 12.0. The van der Waals surface area contributed by atoms with E-state index in [1.54, 1.807) is 18.3 Å². The Morgan fingerprint density at radius 3 is 2.44 bits per heavy atom. The van der Waals surface area contributed by atoms with Crippen molar-refractivity contribution >= 4 is 17.0 Å². The highest BCUT2D eigenvalue weighted by atomic mass is 16.6. The molecule has 0 amide bonds. The Hall–Kier alpha value is -2.55. The van der Waals surface area contributed by atoms with Crippen LogP contribution >= 0.6 is 0 Å². The molecule has 0 aliphatic heterocycles. The van der Waals surface area contributed by atoms with E-state index >= 15 is 0 Å². The van der Waals surface area contributed by atoms with E-state index < -0.39 is 6.09 Å². The molecule has 3 aromatic rings. The molecule has 0 saturated carbocycles. The number of hydrogen-bond acceptors (Lipinski definition) is 2. The van der Waals surface area contributed by atoms with Crippen molar-refractivity contribution in [2.45, 2.75) is 0 Å². The van der Waals surface area contributed by atoms with Crippen molar-refractivity contribution in [1.29, 1.82) is 0 Å². The van der Waals surface area contributed by atoms with Gasteiger partial charge in [-0.3, -0.25) is 4.57 Å². The average Bonchev–Trinajstić information content (AvgIpc) is 2.84. The summed E-state index contributed by atoms with van der Waals surface area (Å²) in [5, 5.41) is 1.02.